The Hall–Kier alpha value is -11.5. The number of aromatic hydroxyl groups is 2. The smallest absolute Gasteiger partial charge is 0.488 e. The van der Waals surface area contributed by atoms with Gasteiger partial charge in [0.05, 0.1) is 37.0 Å². The number of nitrogen functional groups attached to an aromatic ring is 2. The van der Waals surface area contributed by atoms with Gasteiger partial charge in [-0.25, -0.2) is 76.0 Å². The van der Waals surface area contributed by atoms with Crippen molar-refractivity contribution in [2.45, 2.75) is 49.1 Å². The van der Waals surface area contributed by atoms with Gasteiger partial charge in [-0.2, -0.15) is 8.62 Å². The first-order valence-corrected chi connectivity index (χ1v) is 47.1. The lowest BCUT2D eigenvalue weighted by molar-refractivity contribution is -0.0522. The molecular weight excluding hydrogens is 1870 g/mol. The second-order valence-corrected chi connectivity index (χ2v) is 38.6. The average Bonchev–Trinajstić information content (AvgIpc) is 1.10. The summed E-state index contributed by atoms with van der Waals surface area (Å²) in [5.74, 6) is -4.44. The Bertz CT molecular complexity index is 6800. The minimum absolute atomic E-state index is 0.0273. The number of phenolic OH excluding ortho intramolecular Hbond substituents is 2. The summed E-state index contributed by atoms with van der Waals surface area (Å²) in [6.45, 7) is -13.0. The summed E-state index contributed by atoms with van der Waals surface area (Å²) in [6.07, 6.45) is -11.4. The number of ether oxygens (including phenoxy) is 4. The Kier molecular flexibility index (Phi) is 27.7. The van der Waals surface area contributed by atoms with Crippen molar-refractivity contribution in [2.24, 2.45) is 0 Å². The second-order valence-electron chi connectivity index (χ2n) is 26.9. The predicted octanol–water partition coefficient (Wildman–Crippen LogP) is 3.87. The molecule has 2 saturated heterocycles. The molecule has 22 N–H and O–H groups in total. The minimum Gasteiger partial charge on any atom is -0.508 e. The number of phosphoric acid groups is 4. The van der Waals surface area contributed by atoms with Crippen LogP contribution in [-0.4, -0.2) is 221 Å². The molecule has 4 amide bonds. The van der Waals surface area contributed by atoms with Crippen LogP contribution in [0.25, 0.3) is 89.2 Å². The first kappa shape index (κ1) is 94.1. The fourth-order valence-corrected chi connectivity index (χ4v) is 20.7. The molecule has 0 bridgehead atoms. The van der Waals surface area contributed by atoms with E-state index in [0.29, 0.717) is 33.0 Å². The number of nitrogens with zero attached hydrogens (tertiary/aromatic N) is 8. The quantitative estimate of drug-likeness (QED) is 0.0173. The number of aliphatic hydroxyl groups excluding tert-OH is 2. The zero-order valence-electron chi connectivity index (χ0n) is 63.9. The van der Waals surface area contributed by atoms with Crippen LogP contribution in [0.4, 0.5) is 21.2 Å². The van der Waals surface area contributed by atoms with Crippen LogP contribution in [-0.2, 0) is 87.1 Å². The summed E-state index contributed by atoms with van der Waals surface area (Å²) >= 11 is 8.12. The van der Waals surface area contributed by atoms with E-state index in [1.165, 1.54) is 106 Å². The topological polar surface area (TPSA) is 794 Å². The van der Waals surface area contributed by atoms with Gasteiger partial charge in [-0.15, -0.1) is 0 Å². The number of carboxylic acids is 2. The highest BCUT2D eigenvalue weighted by Crippen LogP contribution is 2.68. The number of aromatic nitrogens is 8. The Balaban J connectivity index is 0.000000219. The van der Waals surface area contributed by atoms with Crippen molar-refractivity contribution in [3.8, 4) is 56.4 Å². The third-order valence-electron chi connectivity index (χ3n) is 18.3. The molecule has 14 rings (SSSR count). The SMILES string of the molecule is Nc1ncnc2c1ncn2[C@@H]1O[C@H](COP(=O)(O)OP(=O)(O)OP(O)(O)=S)[C@@H](O)[C@H]1OC(=O)NCCNC(=O)c1ccc(-c2c3ccc(=O)cc-3oc3cc(O)ccc23)c(C(=O)O)c1.Nc1ncnc2c1ncn2[C@@H]1O[C@H](COP(=O)(O)OP(=O)(O)OP(O)(O)=S)[C@@H](OC(=O)NCCNC(=O)c2ccc(-c3c4ccc(=O)cc-4oc4cc(O)ccc34)c(C(=O)O)c2)[C@H]1O. The van der Waals surface area contributed by atoms with Crippen LogP contribution in [0.15, 0.2) is 153 Å². The zero-order chi connectivity index (χ0) is 92.6. The van der Waals surface area contributed by atoms with Crippen LogP contribution < -0.4 is 43.6 Å². The standard InChI is InChI=1S/2C34H32N7O19P3S/c35-29-26-30(39-13-38-29)41(14-40-26)32-27(44)28(24(57-32)12-55-61(49,50)59-62(51,52)60-63(53,54)64)58-34(48)37-8-7-36-31(45)15-1-4-18(21(9-15)33(46)47)25-19-5-2-16(42)10-22(19)56-23-11-17(43)3-6-20(23)25;35-29-26-30(39-13-38-29)41(14-40-26)32-28(27(44)24(57-32)12-55-61(49,50)59-62(51,52)60-63(53,54)64)58-34(48)37-8-7-36-31(45)15-1-4-18(21(9-15)33(46)47)25-19-5-2-16(42)10-22(19)56-23-11-17(43)3-6-20(23)25/h2*1-6,9-11,13-14,24,27-28,32,42,44H,7-8,12H2,(H,36,45)(H,37,48)(H,46,47)(H,49,50)(H,51,52)(H2,35,38,39)(H2,53,54,64)/t2*24-,27-,28-,32-/m11/s1. The molecule has 2 fully saturated rings. The summed E-state index contributed by atoms with van der Waals surface area (Å²) in [4.78, 5) is 202. The van der Waals surface area contributed by atoms with Gasteiger partial charge in [-0.05, 0) is 108 Å². The zero-order valence-corrected chi connectivity index (χ0v) is 70.9. The maximum atomic E-state index is 13.2. The number of fused-ring (bicyclic) bond motifs is 6. The van der Waals surface area contributed by atoms with Gasteiger partial charge in [0.25, 0.3) is 11.8 Å². The second kappa shape index (κ2) is 37.7. The molecular formula is C68H64N14O38P6S2. The monoisotopic (exact) mass is 1930 g/mol. The fourth-order valence-electron chi connectivity index (χ4n) is 13.2. The Labute approximate surface area is 721 Å². The number of alkyl carbamates (subject to hydrolysis) is 2. The maximum absolute atomic E-state index is 13.2. The van der Waals surface area contributed by atoms with E-state index in [4.69, 9.17) is 63.3 Å². The van der Waals surface area contributed by atoms with E-state index in [-0.39, 0.29) is 139 Å². The molecule has 0 spiro atoms. The number of hydrogen-bond donors (Lipinski definition) is 20. The fraction of sp³-hybridized carbons (Fsp3) is 0.206. The number of phosphoric ester groups is 2. The molecule has 6 aliphatic rings. The maximum Gasteiger partial charge on any atom is 0.488 e. The largest absolute Gasteiger partial charge is 0.508 e. The number of nitrogens with two attached hydrogens (primary N) is 2. The van der Waals surface area contributed by atoms with Gasteiger partial charge >= 0.3 is 68.9 Å². The number of rotatable bonds is 30. The Morgan fingerprint density at radius 3 is 1.29 bits per heavy atom. The minimum atomic E-state index is -5.71. The number of aliphatic hydroxyl groups is 2. The Morgan fingerprint density at radius 1 is 0.461 bits per heavy atom. The molecule has 8 aromatic rings. The van der Waals surface area contributed by atoms with E-state index >= 15 is 0 Å². The van der Waals surface area contributed by atoms with E-state index in [9.17, 15) is 107 Å². The number of nitrogens with one attached hydrogen (secondary N) is 4. The van der Waals surface area contributed by atoms with Crippen LogP contribution >= 0.6 is 44.7 Å². The number of anilines is 2. The molecule has 4 unspecified atom stereocenters. The third-order valence-corrected chi connectivity index (χ3v) is 27.1. The van der Waals surface area contributed by atoms with Crippen molar-refractivity contribution in [1.29, 1.82) is 0 Å². The normalized spacial score (nSPS) is 19.6. The molecule has 12 atom stereocenters. The number of carboxylic acid groups (broad SMARTS) is 2. The van der Waals surface area contributed by atoms with E-state index in [2.05, 4.69) is 96.6 Å². The van der Waals surface area contributed by atoms with Crippen LogP contribution in [0.2, 0.25) is 0 Å². The lowest BCUT2D eigenvalue weighted by Gasteiger charge is -2.22. The van der Waals surface area contributed by atoms with Gasteiger partial charge in [0, 0.05) is 94.6 Å². The average molecular weight is 1940 g/mol. The van der Waals surface area contributed by atoms with Crippen LogP contribution in [0.5, 0.6) is 11.5 Å². The van der Waals surface area contributed by atoms with Crippen LogP contribution in [0.1, 0.15) is 53.9 Å². The van der Waals surface area contributed by atoms with Gasteiger partial charge in [0.1, 0.15) is 82.3 Å². The highest BCUT2D eigenvalue weighted by atomic mass is 32.5. The van der Waals surface area contributed by atoms with Crippen molar-refractivity contribution < 1.29 is 171 Å². The van der Waals surface area contributed by atoms with Gasteiger partial charge < -0.3 is 130 Å². The first-order valence-electron chi connectivity index (χ1n) is 35.9. The number of hydrogen-bond acceptors (Lipinski definition) is 38. The van der Waals surface area contributed by atoms with E-state index in [1.807, 2.05) is 0 Å². The summed E-state index contributed by atoms with van der Waals surface area (Å²) in [6, 6.07) is 24.1. The number of amides is 4. The molecule has 0 radical (unpaired) electrons. The molecule has 2 aliphatic carbocycles. The number of aromatic carboxylic acids is 2. The molecule has 128 heavy (non-hydrogen) atoms. The number of benzene rings is 6. The highest BCUT2D eigenvalue weighted by molar-refractivity contribution is 8.08. The number of carbonyl (C=O) groups excluding carboxylic acids is 4. The van der Waals surface area contributed by atoms with E-state index in [1.54, 1.807) is 0 Å². The molecule has 8 heterocycles. The molecule has 4 aromatic heterocycles. The summed E-state index contributed by atoms with van der Waals surface area (Å²) in [7, 11) is -22.6. The summed E-state index contributed by atoms with van der Waals surface area (Å²) < 4.78 is 110. The van der Waals surface area contributed by atoms with Crippen molar-refractivity contribution in [2.75, 3.05) is 50.9 Å². The first-order chi connectivity index (χ1) is 60.2. The van der Waals surface area contributed by atoms with Gasteiger partial charge in [-0.1, -0.05) is 12.1 Å². The van der Waals surface area contributed by atoms with Crippen molar-refractivity contribution in [3.63, 3.8) is 0 Å². The summed E-state index contributed by atoms with van der Waals surface area (Å²) in [5, 5.41) is 73.6. The third kappa shape index (κ3) is 22.1. The lowest BCUT2D eigenvalue weighted by Crippen LogP contribution is -2.42. The summed E-state index contributed by atoms with van der Waals surface area (Å²) in [5.41, 5.74) is 12.6. The van der Waals surface area contributed by atoms with Crippen molar-refractivity contribution >= 4 is 160 Å². The predicted molar refractivity (Wildman–Crippen MR) is 440 cm³/mol. The van der Waals surface area contributed by atoms with Gasteiger partial charge in [-0.3, -0.25) is 37.4 Å². The van der Waals surface area contributed by atoms with E-state index < -0.39 is 143 Å². The number of imidazole rings is 2. The number of carbonyl (C=O) groups is 6. The molecule has 676 valence electrons. The molecule has 4 aliphatic heterocycles. The van der Waals surface area contributed by atoms with E-state index in [0.717, 1.165) is 37.4 Å². The Morgan fingerprint density at radius 2 is 0.859 bits per heavy atom. The van der Waals surface area contributed by atoms with Crippen LogP contribution in [0.3, 0.4) is 0 Å². The molecule has 52 nitrogen and oxygen atoms in total. The van der Waals surface area contributed by atoms with Crippen LogP contribution in [0, 0.1) is 0 Å². The number of phenols is 2. The van der Waals surface area contributed by atoms with Gasteiger partial charge in [0.2, 0.25) is 0 Å². The van der Waals surface area contributed by atoms with Crippen molar-refractivity contribution in [3.05, 3.63) is 177 Å². The lowest BCUT2D eigenvalue weighted by atomic mass is 9.90. The molecule has 4 aromatic carbocycles. The molecule has 60 heteroatoms. The van der Waals surface area contributed by atoms with Crippen molar-refractivity contribution in [1.82, 2.24) is 60.3 Å². The molecule has 0 saturated carbocycles. The van der Waals surface area contributed by atoms with Gasteiger partial charge in [0.15, 0.2) is 58.5 Å². The highest BCUT2D eigenvalue weighted by Gasteiger charge is 2.52.